The number of nitrogens with one attached hydrogen (secondary N) is 1. The minimum atomic E-state index is -3.07. The number of rotatable bonds is 2. The molecule has 0 bridgehead atoms. The number of nitrogens with zero attached hydrogens (tertiary/aromatic N) is 1. The molecule has 18 heavy (non-hydrogen) atoms. The minimum absolute atomic E-state index is 0.153. The molecule has 0 amide bonds. The SMILES string of the molecule is CC1(C)CCCN(S(=O)(=O)C2CCNCC2)CC1. The second-order valence-electron chi connectivity index (χ2n) is 6.41. The molecule has 2 fully saturated rings. The summed E-state index contributed by atoms with van der Waals surface area (Å²) in [6.07, 6.45) is 4.64. The van der Waals surface area contributed by atoms with E-state index >= 15 is 0 Å². The van der Waals surface area contributed by atoms with Crippen LogP contribution in [-0.4, -0.2) is 44.2 Å². The predicted octanol–water partition coefficient (Wildman–Crippen LogP) is 1.58. The van der Waals surface area contributed by atoms with Gasteiger partial charge in [-0.15, -0.1) is 0 Å². The molecule has 2 aliphatic rings. The van der Waals surface area contributed by atoms with E-state index < -0.39 is 10.0 Å². The van der Waals surface area contributed by atoms with Crippen molar-refractivity contribution in [1.82, 2.24) is 9.62 Å². The first kappa shape index (κ1) is 14.3. The van der Waals surface area contributed by atoms with Crippen molar-refractivity contribution in [3.8, 4) is 0 Å². The molecule has 2 saturated heterocycles. The molecule has 2 rings (SSSR count). The van der Waals surface area contributed by atoms with Crippen LogP contribution in [0, 0.1) is 5.41 Å². The van der Waals surface area contributed by atoms with Crippen LogP contribution >= 0.6 is 0 Å². The smallest absolute Gasteiger partial charge is 0.217 e. The summed E-state index contributed by atoms with van der Waals surface area (Å²) in [7, 11) is -3.07. The van der Waals surface area contributed by atoms with Gasteiger partial charge in [-0.2, -0.15) is 0 Å². The van der Waals surface area contributed by atoms with E-state index in [1.54, 1.807) is 4.31 Å². The first-order chi connectivity index (χ1) is 8.42. The summed E-state index contributed by atoms with van der Waals surface area (Å²) in [6, 6.07) is 0. The molecule has 0 radical (unpaired) electrons. The maximum absolute atomic E-state index is 12.6. The maximum Gasteiger partial charge on any atom is 0.217 e. The van der Waals surface area contributed by atoms with Crippen molar-refractivity contribution in [3.05, 3.63) is 0 Å². The minimum Gasteiger partial charge on any atom is -0.317 e. The van der Waals surface area contributed by atoms with Gasteiger partial charge in [0.25, 0.3) is 0 Å². The Morgan fingerprint density at radius 2 is 1.78 bits per heavy atom. The number of hydrogen-bond donors (Lipinski definition) is 1. The van der Waals surface area contributed by atoms with E-state index in [-0.39, 0.29) is 5.25 Å². The van der Waals surface area contributed by atoms with Crippen LogP contribution in [0.25, 0.3) is 0 Å². The molecule has 0 aromatic heterocycles. The second-order valence-corrected chi connectivity index (χ2v) is 8.62. The highest BCUT2D eigenvalue weighted by Gasteiger charge is 2.35. The summed E-state index contributed by atoms with van der Waals surface area (Å²) in [5.41, 5.74) is 0.290. The highest BCUT2D eigenvalue weighted by atomic mass is 32.2. The van der Waals surface area contributed by atoms with E-state index in [2.05, 4.69) is 19.2 Å². The van der Waals surface area contributed by atoms with Gasteiger partial charge < -0.3 is 5.32 Å². The van der Waals surface area contributed by atoms with Gasteiger partial charge >= 0.3 is 0 Å². The number of sulfonamides is 1. The van der Waals surface area contributed by atoms with Crippen LogP contribution < -0.4 is 5.32 Å². The molecule has 0 aliphatic carbocycles. The van der Waals surface area contributed by atoms with Crippen molar-refractivity contribution < 1.29 is 8.42 Å². The average molecular weight is 274 g/mol. The van der Waals surface area contributed by atoms with E-state index in [1.807, 2.05) is 0 Å². The Bertz CT molecular complexity index is 372. The van der Waals surface area contributed by atoms with Gasteiger partial charge in [-0.25, -0.2) is 12.7 Å². The third-order valence-electron chi connectivity index (χ3n) is 4.37. The summed E-state index contributed by atoms with van der Waals surface area (Å²) >= 11 is 0. The fraction of sp³-hybridized carbons (Fsp3) is 1.00. The van der Waals surface area contributed by atoms with Crippen molar-refractivity contribution in [3.63, 3.8) is 0 Å². The van der Waals surface area contributed by atoms with Crippen molar-refractivity contribution >= 4 is 10.0 Å². The fourth-order valence-electron chi connectivity index (χ4n) is 2.96. The lowest BCUT2D eigenvalue weighted by Crippen LogP contribution is -2.44. The van der Waals surface area contributed by atoms with Gasteiger partial charge in [0.05, 0.1) is 5.25 Å². The van der Waals surface area contributed by atoms with Crippen LogP contribution in [0.1, 0.15) is 46.0 Å². The molecule has 0 unspecified atom stereocenters. The van der Waals surface area contributed by atoms with Crippen LogP contribution in [0.5, 0.6) is 0 Å². The maximum atomic E-state index is 12.6. The molecule has 2 aliphatic heterocycles. The van der Waals surface area contributed by atoms with Crippen LogP contribution in [0.3, 0.4) is 0 Å². The van der Waals surface area contributed by atoms with E-state index in [4.69, 9.17) is 0 Å². The van der Waals surface area contributed by atoms with E-state index in [1.165, 1.54) is 0 Å². The molecular formula is C13H26N2O2S. The van der Waals surface area contributed by atoms with E-state index in [9.17, 15) is 8.42 Å². The zero-order chi connectivity index (χ0) is 13.2. The summed E-state index contributed by atoms with van der Waals surface area (Å²) < 4.78 is 27.0. The van der Waals surface area contributed by atoms with E-state index in [0.29, 0.717) is 12.0 Å². The molecule has 0 spiro atoms. The lowest BCUT2D eigenvalue weighted by molar-refractivity contribution is 0.313. The van der Waals surface area contributed by atoms with Crippen LogP contribution in [0.4, 0.5) is 0 Å². The van der Waals surface area contributed by atoms with Gasteiger partial charge in [0.2, 0.25) is 10.0 Å². The first-order valence-corrected chi connectivity index (χ1v) is 8.62. The molecule has 0 aromatic carbocycles. The Labute approximate surface area is 111 Å². The third kappa shape index (κ3) is 3.25. The third-order valence-corrected chi connectivity index (χ3v) is 6.77. The Morgan fingerprint density at radius 3 is 2.44 bits per heavy atom. The Balaban J connectivity index is 2.05. The summed E-state index contributed by atoms with van der Waals surface area (Å²) in [6.45, 7) is 7.59. The standard InChI is InChI=1S/C13H26N2O2S/c1-13(2)6-3-10-15(11-7-13)18(16,17)12-4-8-14-9-5-12/h12,14H,3-11H2,1-2H3. The molecule has 0 atom stereocenters. The number of piperidine rings is 1. The molecule has 2 heterocycles. The lowest BCUT2D eigenvalue weighted by atomic mass is 9.85. The van der Waals surface area contributed by atoms with E-state index in [0.717, 1.165) is 51.7 Å². The van der Waals surface area contributed by atoms with Crippen LogP contribution in [-0.2, 0) is 10.0 Å². The largest absolute Gasteiger partial charge is 0.317 e. The van der Waals surface area contributed by atoms with Crippen molar-refractivity contribution in [2.45, 2.75) is 51.2 Å². The first-order valence-electron chi connectivity index (χ1n) is 7.11. The van der Waals surface area contributed by atoms with Gasteiger partial charge in [-0.3, -0.25) is 0 Å². The summed E-state index contributed by atoms with van der Waals surface area (Å²) in [4.78, 5) is 0. The molecular weight excluding hydrogens is 248 g/mol. The quantitative estimate of drug-likeness (QED) is 0.832. The highest BCUT2D eigenvalue weighted by Crippen LogP contribution is 2.31. The zero-order valence-corrected chi connectivity index (χ0v) is 12.4. The van der Waals surface area contributed by atoms with Gasteiger partial charge in [0.1, 0.15) is 0 Å². The second kappa shape index (κ2) is 5.47. The van der Waals surface area contributed by atoms with Gasteiger partial charge in [-0.1, -0.05) is 13.8 Å². The molecule has 0 saturated carbocycles. The lowest BCUT2D eigenvalue weighted by Gasteiger charge is -2.29. The molecule has 5 heteroatoms. The highest BCUT2D eigenvalue weighted by molar-refractivity contribution is 7.89. The topological polar surface area (TPSA) is 49.4 Å². The Hall–Kier alpha value is -0.130. The molecule has 0 aromatic rings. The van der Waals surface area contributed by atoms with Crippen LogP contribution in [0.15, 0.2) is 0 Å². The Kier molecular flexibility index (Phi) is 4.34. The molecule has 1 N–H and O–H groups in total. The molecule has 4 nitrogen and oxygen atoms in total. The molecule has 106 valence electrons. The summed E-state index contributed by atoms with van der Waals surface area (Å²) in [5.74, 6) is 0. The predicted molar refractivity (Wildman–Crippen MR) is 74.0 cm³/mol. The average Bonchev–Trinajstić information content (AvgIpc) is 2.52. The Morgan fingerprint density at radius 1 is 1.11 bits per heavy atom. The zero-order valence-electron chi connectivity index (χ0n) is 11.6. The van der Waals surface area contributed by atoms with Gasteiger partial charge in [0, 0.05) is 13.1 Å². The number of hydrogen-bond acceptors (Lipinski definition) is 3. The van der Waals surface area contributed by atoms with Gasteiger partial charge in [-0.05, 0) is 50.6 Å². The van der Waals surface area contributed by atoms with Crippen molar-refractivity contribution in [2.75, 3.05) is 26.2 Å². The van der Waals surface area contributed by atoms with Gasteiger partial charge in [0.15, 0.2) is 0 Å². The fourth-order valence-corrected chi connectivity index (χ4v) is 4.94. The van der Waals surface area contributed by atoms with Crippen molar-refractivity contribution in [1.29, 1.82) is 0 Å². The van der Waals surface area contributed by atoms with Crippen LogP contribution in [0.2, 0.25) is 0 Å². The monoisotopic (exact) mass is 274 g/mol. The summed E-state index contributed by atoms with van der Waals surface area (Å²) in [5, 5.41) is 3.08. The normalized spacial score (nSPS) is 27.9. The van der Waals surface area contributed by atoms with Crippen molar-refractivity contribution in [2.24, 2.45) is 5.41 Å².